The molecule has 0 aliphatic rings. The van der Waals surface area contributed by atoms with Crippen LogP contribution in [-0.4, -0.2) is 44.2 Å². The van der Waals surface area contributed by atoms with Crippen LogP contribution in [0.2, 0.25) is 0 Å². The maximum Gasteiger partial charge on any atom is 0.229 e. The molecule has 94 valence electrons. The van der Waals surface area contributed by atoms with Crippen molar-refractivity contribution in [2.75, 3.05) is 20.0 Å². The summed E-state index contributed by atoms with van der Waals surface area (Å²) in [5.74, 6) is 0. The van der Waals surface area contributed by atoms with E-state index in [4.69, 9.17) is 4.74 Å². The van der Waals surface area contributed by atoms with E-state index in [0.29, 0.717) is 13.2 Å². The lowest BCUT2D eigenvalue weighted by molar-refractivity contribution is 0.0537. The zero-order valence-corrected chi connectivity index (χ0v) is 10.8. The molecule has 1 aromatic rings. The van der Waals surface area contributed by atoms with E-state index in [1.165, 1.54) is 0 Å². The average molecular weight is 270 g/mol. The maximum atomic E-state index is 9.40. The summed E-state index contributed by atoms with van der Waals surface area (Å²) in [6, 6.07) is 3.86. The molecule has 1 aromatic heterocycles. The van der Waals surface area contributed by atoms with Gasteiger partial charge in [0.1, 0.15) is 0 Å². The van der Waals surface area contributed by atoms with Gasteiger partial charge in [-0.3, -0.25) is 0 Å². The van der Waals surface area contributed by atoms with Gasteiger partial charge in [-0.1, -0.05) is 0 Å². The number of nitrogens with zero attached hydrogens (tertiary/aromatic N) is 1. The predicted molar refractivity (Wildman–Crippen MR) is 63.0 cm³/mol. The number of halogens is 1. The van der Waals surface area contributed by atoms with Crippen molar-refractivity contribution < 1.29 is 18.3 Å². The molecule has 1 heterocycles. The van der Waals surface area contributed by atoms with E-state index < -0.39 is 15.2 Å². The zero-order chi connectivity index (χ0) is 12.6. The predicted octanol–water partition coefficient (Wildman–Crippen LogP) is 0.680. The molecule has 0 fully saturated rings. The highest BCUT2D eigenvalue weighted by Gasteiger charge is 2.02. The second kappa shape index (κ2) is 7.67. The molecule has 0 aliphatic carbocycles. The summed E-state index contributed by atoms with van der Waals surface area (Å²) in [4.78, 5) is 0. The minimum absolute atomic E-state index is 0.387. The number of aliphatic hydroxyl groups is 1. The topological polar surface area (TPSA) is 68.5 Å². The number of methoxy groups -OCH3 is 1. The third-order valence-corrected chi connectivity index (χ3v) is 1.45. The summed E-state index contributed by atoms with van der Waals surface area (Å²) in [5, 5.41) is 9.28. The Labute approximate surface area is 100 Å². The van der Waals surface area contributed by atoms with Gasteiger partial charge in [-0.2, -0.15) is 0 Å². The number of rotatable bonds is 4. The second-order valence-corrected chi connectivity index (χ2v) is 6.22. The van der Waals surface area contributed by atoms with Crippen molar-refractivity contribution in [1.29, 1.82) is 0 Å². The number of hydrogen-bond donors (Lipinski definition) is 1. The van der Waals surface area contributed by atoms with Crippen molar-refractivity contribution in [3.05, 3.63) is 24.5 Å². The zero-order valence-electron chi connectivity index (χ0n) is 9.21. The van der Waals surface area contributed by atoms with Crippen molar-refractivity contribution in [3.63, 3.8) is 0 Å². The van der Waals surface area contributed by atoms with Gasteiger partial charge in [-0.05, 0) is 12.1 Å². The molecule has 0 saturated carbocycles. The molecule has 0 radical (unpaired) electrons. The summed E-state index contributed by atoms with van der Waals surface area (Å²) < 4.78 is 25.5. The van der Waals surface area contributed by atoms with E-state index in [2.05, 4.69) is 10.7 Å². The summed E-state index contributed by atoms with van der Waals surface area (Å²) in [6.07, 6.45) is 4.35. The van der Waals surface area contributed by atoms with Crippen LogP contribution < -0.4 is 0 Å². The molecule has 0 saturated heterocycles. The van der Waals surface area contributed by atoms with E-state index in [9.17, 15) is 13.5 Å². The number of aliphatic hydroxyl groups excluding tert-OH is 1. The van der Waals surface area contributed by atoms with Crippen LogP contribution in [0.4, 0.5) is 0 Å². The van der Waals surface area contributed by atoms with Crippen molar-refractivity contribution in [1.82, 2.24) is 4.57 Å². The van der Waals surface area contributed by atoms with Crippen LogP contribution in [0.15, 0.2) is 24.5 Å². The molecular formula is C9H16ClNO4S. The van der Waals surface area contributed by atoms with Crippen LogP contribution in [0.5, 0.6) is 0 Å². The molecule has 0 bridgehead atoms. The summed E-state index contributed by atoms with van der Waals surface area (Å²) in [5.41, 5.74) is 0. The Kier molecular flexibility index (Phi) is 7.40. The molecular weight excluding hydrogens is 254 g/mol. The lowest BCUT2D eigenvalue weighted by Crippen LogP contribution is -2.20. The minimum atomic E-state index is -3.19. The monoisotopic (exact) mass is 269 g/mol. The highest BCUT2D eigenvalue weighted by Crippen LogP contribution is 1.94. The number of hydrogen-bond acceptors (Lipinski definition) is 4. The highest BCUT2D eigenvalue weighted by atomic mass is 35.7. The van der Waals surface area contributed by atoms with Crippen LogP contribution in [0.3, 0.4) is 0 Å². The van der Waals surface area contributed by atoms with Gasteiger partial charge in [0.2, 0.25) is 9.05 Å². The minimum Gasteiger partial charge on any atom is -0.389 e. The quantitative estimate of drug-likeness (QED) is 0.816. The third kappa shape index (κ3) is 11.5. The Morgan fingerprint density at radius 3 is 2.25 bits per heavy atom. The van der Waals surface area contributed by atoms with E-state index in [0.717, 1.165) is 6.26 Å². The van der Waals surface area contributed by atoms with Crippen molar-refractivity contribution in [2.45, 2.75) is 12.6 Å². The van der Waals surface area contributed by atoms with Gasteiger partial charge in [0, 0.05) is 30.2 Å². The van der Waals surface area contributed by atoms with Crippen LogP contribution in [0, 0.1) is 0 Å². The van der Waals surface area contributed by atoms with Crippen LogP contribution in [-0.2, 0) is 20.3 Å². The Morgan fingerprint density at radius 2 is 1.88 bits per heavy atom. The number of ether oxygens (including phenoxy) is 1. The van der Waals surface area contributed by atoms with Gasteiger partial charge >= 0.3 is 0 Å². The first kappa shape index (κ1) is 15.4. The molecule has 1 rings (SSSR count). The molecule has 5 nitrogen and oxygen atoms in total. The summed E-state index contributed by atoms with van der Waals surface area (Å²) in [6.45, 7) is 0.985. The Hall–Kier alpha value is -0.560. The molecule has 0 aromatic carbocycles. The molecule has 1 N–H and O–H groups in total. The fourth-order valence-corrected chi connectivity index (χ4v) is 0.980. The molecule has 0 unspecified atom stereocenters. The molecule has 0 spiro atoms. The molecule has 0 amide bonds. The van der Waals surface area contributed by atoms with Gasteiger partial charge in [-0.25, -0.2) is 8.42 Å². The van der Waals surface area contributed by atoms with E-state index in [-0.39, 0.29) is 0 Å². The SMILES string of the molecule is COC[C@@H](O)Cn1cccc1.CS(=O)(=O)Cl. The Bertz CT molecular complexity index is 355. The second-order valence-electron chi connectivity index (χ2n) is 3.17. The molecule has 16 heavy (non-hydrogen) atoms. The lowest BCUT2D eigenvalue weighted by Gasteiger charge is -2.09. The highest BCUT2D eigenvalue weighted by molar-refractivity contribution is 8.13. The number of aromatic nitrogens is 1. The van der Waals surface area contributed by atoms with Crippen molar-refractivity contribution in [3.8, 4) is 0 Å². The van der Waals surface area contributed by atoms with Crippen molar-refractivity contribution in [2.24, 2.45) is 0 Å². The summed E-state index contributed by atoms with van der Waals surface area (Å²) in [7, 11) is 2.89. The van der Waals surface area contributed by atoms with Gasteiger partial charge in [-0.15, -0.1) is 0 Å². The van der Waals surface area contributed by atoms with Gasteiger partial charge in [0.15, 0.2) is 0 Å². The first-order valence-corrected chi connectivity index (χ1v) is 7.22. The third-order valence-electron chi connectivity index (χ3n) is 1.45. The van der Waals surface area contributed by atoms with E-state index >= 15 is 0 Å². The average Bonchev–Trinajstić information content (AvgIpc) is 2.53. The smallest absolute Gasteiger partial charge is 0.229 e. The lowest BCUT2D eigenvalue weighted by atomic mass is 10.4. The molecule has 1 atom stereocenters. The molecule has 0 aliphatic heterocycles. The van der Waals surface area contributed by atoms with Gasteiger partial charge < -0.3 is 14.4 Å². The fourth-order valence-electron chi connectivity index (χ4n) is 0.980. The van der Waals surface area contributed by atoms with Crippen LogP contribution in [0.25, 0.3) is 0 Å². The largest absolute Gasteiger partial charge is 0.389 e. The normalized spacial score (nSPS) is 12.8. The van der Waals surface area contributed by atoms with Crippen LogP contribution >= 0.6 is 10.7 Å². The summed E-state index contributed by atoms with van der Waals surface area (Å²) >= 11 is 0. The standard InChI is InChI=1S/C8H13NO2.CH3ClO2S/c1-11-7-8(10)6-9-4-2-3-5-9;1-5(2,3)4/h2-5,8,10H,6-7H2,1H3;1H3/t8-;/m0./s1. The van der Waals surface area contributed by atoms with E-state index in [1.54, 1.807) is 7.11 Å². The first-order chi connectivity index (χ1) is 7.33. The van der Waals surface area contributed by atoms with Crippen LogP contribution in [0.1, 0.15) is 0 Å². The van der Waals surface area contributed by atoms with Crippen molar-refractivity contribution >= 4 is 19.7 Å². The Morgan fingerprint density at radius 1 is 1.44 bits per heavy atom. The van der Waals surface area contributed by atoms with Gasteiger partial charge in [0.25, 0.3) is 0 Å². The fraction of sp³-hybridized carbons (Fsp3) is 0.556. The van der Waals surface area contributed by atoms with E-state index in [1.807, 2.05) is 29.1 Å². The maximum absolute atomic E-state index is 9.40. The van der Waals surface area contributed by atoms with Gasteiger partial charge in [0.05, 0.1) is 25.5 Å². The molecule has 7 heteroatoms. The first-order valence-electron chi connectivity index (χ1n) is 4.50. The Balaban J connectivity index is 0.000000385.